The van der Waals surface area contributed by atoms with Crippen molar-refractivity contribution < 1.29 is 0 Å². The number of pyridine rings is 1. The van der Waals surface area contributed by atoms with E-state index in [1.807, 2.05) is 34.9 Å². The van der Waals surface area contributed by atoms with Gasteiger partial charge in [0.05, 0.1) is 11.2 Å². The van der Waals surface area contributed by atoms with Gasteiger partial charge in [-0.05, 0) is 47.7 Å². The maximum absolute atomic E-state index is 4.60. The number of aromatic nitrogens is 1. The van der Waals surface area contributed by atoms with Crippen LogP contribution in [0.15, 0.2) is 60.1 Å². The third-order valence-electron chi connectivity index (χ3n) is 5.41. The van der Waals surface area contributed by atoms with Gasteiger partial charge in [0.15, 0.2) is 0 Å². The molecule has 6 rings (SSSR count). The number of nitrogens with zero attached hydrogens (tertiary/aromatic N) is 1. The number of nitrogens with one attached hydrogen (secondary N) is 1. The van der Waals surface area contributed by atoms with Gasteiger partial charge in [-0.1, -0.05) is 18.2 Å². The third kappa shape index (κ3) is 2.12. The van der Waals surface area contributed by atoms with Crippen LogP contribution >= 0.6 is 22.7 Å². The number of anilines is 1. The summed E-state index contributed by atoms with van der Waals surface area (Å²) in [5.41, 5.74) is 3.70. The second kappa shape index (κ2) is 5.53. The van der Waals surface area contributed by atoms with Gasteiger partial charge in [0.2, 0.25) is 0 Å². The molecule has 0 spiro atoms. The number of benzene rings is 2. The molecule has 5 aromatic rings. The second-order valence-corrected chi connectivity index (χ2v) is 8.98. The fourth-order valence-electron chi connectivity index (χ4n) is 4.10. The number of fused-ring (bicyclic) bond motifs is 6. The molecule has 126 valence electrons. The summed E-state index contributed by atoms with van der Waals surface area (Å²) in [4.78, 5) is 6.08. The summed E-state index contributed by atoms with van der Waals surface area (Å²) in [6.45, 7) is 0.974. The minimum Gasteiger partial charge on any atom is -0.382 e. The van der Waals surface area contributed by atoms with Crippen molar-refractivity contribution in [3.8, 4) is 0 Å². The zero-order chi connectivity index (χ0) is 17.1. The first-order valence-corrected chi connectivity index (χ1v) is 10.6. The van der Waals surface area contributed by atoms with Crippen LogP contribution in [0.3, 0.4) is 0 Å². The van der Waals surface area contributed by atoms with Crippen molar-refractivity contribution in [2.45, 2.75) is 12.3 Å². The normalized spacial score (nSPS) is 16.8. The van der Waals surface area contributed by atoms with Gasteiger partial charge < -0.3 is 5.32 Å². The van der Waals surface area contributed by atoms with Gasteiger partial charge in [-0.25, -0.2) is 0 Å². The lowest BCUT2D eigenvalue weighted by Gasteiger charge is -2.26. The predicted molar refractivity (Wildman–Crippen MR) is 114 cm³/mol. The molecule has 0 saturated carbocycles. The van der Waals surface area contributed by atoms with E-state index < -0.39 is 0 Å². The van der Waals surface area contributed by atoms with E-state index in [2.05, 4.69) is 58.1 Å². The van der Waals surface area contributed by atoms with Crippen molar-refractivity contribution in [2.24, 2.45) is 0 Å². The van der Waals surface area contributed by atoms with Crippen LogP contribution < -0.4 is 5.32 Å². The van der Waals surface area contributed by atoms with Gasteiger partial charge >= 0.3 is 0 Å². The Morgan fingerprint density at radius 3 is 2.96 bits per heavy atom. The summed E-state index contributed by atoms with van der Waals surface area (Å²) >= 11 is 3.77. The number of thiophene rings is 2. The molecule has 0 fully saturated rings. The van der Waals surface area contributed by atoms with E-state index in [0.717, 1.165) is 18.5 Å². The van der Waals surface area contributed by atoms with Gasteiger partial charge in [-0.2, -0.15) is 0 Å². The molecular weight excluding hydrogens is 356 g/mol. The molecule has 26 heavy (non-hydrogen) atoms. The highest BCUT2D eigenvalue weighted by Gasteiger charge is 2.23. The average Bonchev–Trinajstić information content (AvgIpc) is 3.33. The monoisotopic (exact) mass is 372 g/mol. The van der Waals surface area contributed by atoms with Crippen LogP contribution in [-0.2, 0) is 6.42 Å². The van der Waals surface area contributed by atoms with Gasteiger partial charge in [0.1, 0.15) is 0 Å². The van der Waals surface area contributed by atoms with Crippen molar-refractivity contribution >= 4 is 59.4 Å². The predicted octanol–water partition coefficient (Wildman–Crippen LogP) is 6.42. The Kier molecular flexibility index (Phi) is 3.13. The van der Waals surface area contributed by atoms with E-state index >= 15 is 0 Å². The average molecular weight is 373 g/mol. The lowest BCUT2D eigenvalue weighted by Crippen LogP contribution is -2.21. The Balaban J connectivity index is 1.44. The molecule has 2 nitrogen and oxygen atoms in total. The topological polar surface area (TPSA) is 24.9 Å². The Hall–Kier alpha value is -2.43. The molecule has 0 aliphatic carbocycles. The Labute approximate surface area is 159 Å². The number of hydrogen-bond acceptors (Lipinski definition) is 4. The molecule has 1 aliphatic rings. The van der Waals surface area contributed by atoms with Crippen LogP contribution in [0.4, 0.5) is 5.69 Å². The highest BCUT2D eigenvalue weighted by Crippen LogP contribution is 2.41. The molecule has 0 radical (unpaired) electrons. The highest BCUT2D eigenvalue weighted by atomic mass is 32.1. The highest BCUT2D eigenvalue weighted by molar-refractivity contribution is 7.20. The van der Waals surface area contributed by atoms with Gasteiger partial charge in [-0.3, -0.25) is 4.98 Å². The molecule has 1 N–H and O–H groups in total. The summed E-state index contributed by atoms with van der Waals surface area (Å²) in [6, 6.07) is 17.8. The third-order valence-corrected chi connectivity index (χ3v) is 7.55. The maximum atomic E-state index is 4.60. The molecule has 2 aromatic carbocycles. The van der Waals surface area contributed by atoms with E-state index in [1.165, 1.54) is 41.7 Å². The molecule has 4 heterocycles. The van der Waals surface area contributed by atoms with Crippen molar-refractivity contribution in [1.82, 2.24) is 4.98 Å². The lowest BCUT2D eigenvalue weighted by molar-refractivity contribution is 0.709. The van der Waals surface area contributed by atoms with Crippen LogP contribution in [0, 0.1) is 0 Å². The van der Waals surface area contributed by atoms with Crippen molar-refractivity contribution in [2.75, 3.05) is 11.9 Å². The van der Waals surface area contributed by atoms with Crippen LogP contribution in [0.25, 0.3) is 31.1 Å². The molecular formula is C22H16N2S2. The molecule has 0 bridgehead atoms. The van der Waals surface area contributed by atoms with Crippen LogP contribution in [0.2, 0.25) is 0 Å². The quantitative estimate of drug-likeness (QED) is 0.367. The molecule has 0 amide bonds. The summed E-state index contributed by atoms with van der Waals surface area (Å²) in [6.07, 6.45) is 2.96. The van der Waals surface area contributed by atoms with Crippen LogP contribution in [0.1, 0.15) is 16.4 Å². The molecule has 0 saturated heterocycles. The van der Waals surface area contributed by atoms with Gasteiger partial charge in [0.25, 0.3) is 0 Å². The van der Waals surface area contributed by atoms with Gasteiger partial charge in [0, 0.05) is 49.1 Å². The zero-order valence-electron chi connectivity index (χ0n) is 14.0. The second-order valence-electron chi connectivity index (χ2n) is 6.92. The van der Waals surface area contributed by atoms with Crippen molar-refractivity contribution in [1.29, 1.82) is 0 Å². The molecule has 1 unspecified atom stereocenters. The first-order chi connectivity index (χ1) is 12.9. The van der Waals surface area contributed by atoms with Gasteiger partial charge in [-0.15, -0.1) is 22.7 Å². The lowest BCUT2D eigenvalue weighted by atomic mass is 9.91. The maximum Gasteiger partial charge on any atom is 0.0936 e. The fraction of sp³-hybridized carbons (Fsp3) is 0.136. The summed E-state index contributed by atoms with van der Waals surface area (Å²) in [5, 5.41) is 9.89. The minimum atomic E-state index is 0.523. The SMILES string of the molecule is c1cnc2c3c(ccc2c1)CC(c1cc2c(ccc4sccc42)s1)CN3. The smallest absolute Gasteiger partial charge is 0.0936 e. The largest absolute Gasteiger partial charge is 0.382 e. The van der Waals surface area contributed by atoms with Crippen molar-refractivity contribution in [3.05, 3.63) is 70.5 Å². The zero-order valence-corrected chi connectivity index (χ0v) is 15.7. The van der Waals surface area contributed by atoms with E-state index in [1.54, 1.807) is 0 Å². The minimum absolute atomic E-state index is 0.523. The first-order valence-electron chi connectivity index (χ1n) is 8.87. The van der Waals surface area contributed by atoms with E-state index in [4.69, 9.17) is 0 Å². The fourth-order valence-corrected chi connectivity index (χ4v) is 6.08. The van der Waals surface area contributed by atoms with Crippen LogP contribution in [-0.4, -0.2) is 11.5 Å². The van der Waals surface area contributed by atoms with E-state index in [0.29, 0.717) is 5.92 Å². The van der Waals surface area contributed by atoms with Crippen LogP contribution in [0.5, 0.6) is 0 Å². The molecule has 3 aromatic heterocycles. The number of hydrogen-bond donors (Lipinski definition) is 1. The Bertz CT molecular complexity index is 1280. The molecule has 4 heteroatoms. The first kappa shape index (κ1) is 14.7. The van der Waals surface area contributed by atoms with Crippen molar-refractivity contribution in [3.63, 3.8) is 0 Å². The molecule has 1 aliphatic heterocycles. The summed E-state index contributed by atoms with van der Waals surface area (Å²) < 4.78 is 2.78. The number of rotatable bonds is 1. The Morgan fingerprint density at radius 2 is 1.96 bits per heavy atom. The van der Waals surface area contributed by atoms with E-state index in [-0.39, 0.29) is 0 Å². The standard InChI is InChI=1S/C22H16N2S2/c1-2-13-3-4-14-10-15(12-24-22(14)21(13)23-8-1)20-11-17-16-7-9-25-18(16)5-6-19(17)26-20/h1-9,11,15,24H,10,12H2. The Morgan fingerprint density at radius 1 is 1.00 bits per heavy atom. The molecule has 1 atom stereocenters. The summed E-state index contributed by atoms with van der Waals surface area (Å²) in [7, 11) is 0. The summed E-state index contributed by atoms with van der Waals surface area (Å²) in [5.74, 6) is 0.523. The van der Waals surface area contributed by atoms with E-state index in [9.17, 15) is 0 Å².